The van der Waals surface area contributed by atoms with E-state index in [4.69, 9.17) is 0 Å². The number of aromatic carboxylic acids is 1. The van der Waals surface area contributed by atoms with Gasteiger partial charge in [-0.1, -0.05) is 42.5 Å². The van der Waals surface area contributed by atoms with Crippen LogP contribution in [0.5, 0.6) is 0 Å². The summed E-state index contributed by atoms with van der Waals surface area (Å²) in [5.41, 5.74) is 0.521. The van der Waals surface area contributed by atoms with Gasteiger partial charge in [-0.3, -0.25) is 14.4 Å². The van der Waals surface area contributed by atoms with Crippen molar-refractivity contribution in [2.45, 2.75) is 19.6 Å². The summed E-state index contributed by atoms with van der Waals surface area (Å²) in [6, 6.07) is 14.7. The molecule has 0 spiro atoms. The first-order valence-corrected chi connectivity index (χ1v) is 8.10. The number of nitrogens with one attached hydrogen (secondary N) is 3. The third kappa shape index (κ3) is 5.67. The van der Waals surface area contributed by atoms with Gasteiger partial charge in [-0.2, -0.15) is 0 Å². The molecule has 0 aromatic heterocycles. The van der Waals surface area contributed by atoms with Crippen LogP contribution in [0.4, 0.5) is 0 Å². The highest BCUT2D eigenvalue weighted by atomic mass is 16.4. The Bertz CT molecular complexity index is 851. The maximum Gasteiger partial charge on any atom is 0.336 e. The Labute approximate surface area is 155 Å². The van der Waals surface area contributed by atoms with E-state index in [0.29, 0.717) is 0 Å². The van der Waals surface area contributed by atoms with Crippen LogP contribution in [0.15, 0.2) is 54.6 Å². The lowest BCUT2D eigenvalue weighted by molar-refractivity contribution is -0.128. The second-order valence-electron chi connectivity index (χ2n) is 5.66. The second kappa shape index (κ2) is 9.14. The summed E-state index contributed by atoms with van der Waals surface area (Å²) in [5.74, 6) is -3.22. The molecule has 2 aromatic carbocycles. The molecule has 0 aliphatic rings. The summed E-state index contributed by atoms with van der Waals surface area (Å²) < 4.78 is 0. The van der Waals surface area contributed by atoms with Gasteiger partial charge >= 0.3 is 5.97 Å². The van der Waals surface area contributed by atoms with E-state index in [1.807, 2.05) is 30.3 Å². The maximum atomic E-state index is 12.4. The molecule has 8 heteroatoms. The SMILES string of the molecule is CC(=O)NC(NC(=O)c1ccccc1C(=O)O)C(=O)NCc1ccccc1. The van der Waals surface area contributed by atoms with Crippen molar-refractivity contribution in [3.8, 4) is 0 Å². The minimum absolute atomic E-state index is 0.115. The van der Waals surface area contributed by atoms with Crippen LogP contribution in [0, 0.1) is 0 Å². The van der Waals surface area contributed by atoms with Crippen LogP contribution in [-0.2, 0) is 16.1 Å². The van der Waals surface area contributed by atoms with Crippen LogP contribution in [0.1, 0.15) is 33.2 Å². The summed E-state index contributed by atoms with van der Waals surface area (Å²) in [5, 5.41) is 16.5. The van der Waals surface area contributed by atoms with E-state index >= 15 is 0 Å². The standard InChI is InChI=1S/C19H19N3O5/c1-12(23)21-16(18(25)20-11-13-7-3-2-4-8-13)22-17(24)14-9-5-6-10-15(14)19(26)27/h2-10,16H,11H2,1H3,(H,20,25)(H,21,23)(H,22,24)(H,26,27). The molecule has 0 saturated carbocycles. The molecule has 8 nitrogen and oxygen atoms in total. The van der Waals surface area contributed by atoms with E-state index in [9.17, 15) is 24.3 Å². The number of benzene rings is 2. The van der Waals surface area contributed by atoms with Crippen molar-refractivity contribution >= 4 is 23.7 Å². The molecule has 2 rings (SSSR count). The van der Waals surface area contributed by atoms with E-state index < -0.39 is 29.9 Å². The highest BCUT2D eigenvalue weighted by Crippen LogP contribution is 2.09. The van der Waals surface area contributed by atoms with Gasteiger partial charge in [0, 0.05) is 13.5 Å². The minimum atomic E-state index is -1.35. The van der Waals surface area contributed by atoms with Gasteiger partial charge in [0.2, 0.25) is 5.91 Å². The summed E-state index contributed by atoms with van der Waals surface area (Å²) in [4.78, 5) is 47.5. The van der Waals surface area contributed by atoms with Gasteiger partial charge in [-0.15, -0.1) is 0 Å². The van der Waals surface area contributed by atoms with Gasteiger partial charge in [0.15, 0.2) is 6.17 Å². The number of carbonyl (C=O) groups excluding carboxylic acids is 3. The molecule has 0 heterocycles. The number of hydrogen-bond acceptors (Lipinski definition) is 4. The fourth-order valence-electron chi connectivity index (χ4n) is 2.33. The molecule has 0 bridgehead atoms. The lowest BCUT2D eigenvalue weighted by Gasteiger charge is -2.19. The smallest absolute Gasteiger partial charge is 0.336 e. The molecule has 0 aliphatic heterocycles. The first kappa shape index (κ1) is 19.6. The van der Waals surface area contributed by atoms with Gasteiger partial charge in [-0.05, 0) is 17.7 Å². The fraction of sp³-hybridized carbons (Fsp3) is 0.158. The highest BCUT2D eigenvalue weighted by Gasteiger charge is 2.24. The predicted octanol–water partition coefficient (Wildman–Crippen LogP) is 0.893. The summed E-state index contributed by atoms with van der Waals surface area (Å²) >= 11 is 0. The predicted molar refractivity (Wildman–Crippen MR) is 96.8 cm³/mol. The number of carboxylic acids is 1. The van der Waals surface area contributed by atoms with E-state index in [0.717, 1.165) is 5.56 Å². The van der Waals surface area contributed by atoms with Gasteiger partial charge in [-0.25, -0.2) is 4.79 Å². The van der Waals surface area contributed by atoms with Gasteiger partial charge < -0.3 is 21.1 Å². The zero-order valence-electron chi connectivity index (χ0n) is 14.6. The monoisotopic (exact) mass is 369 g/mol. The van der Waals surface area contributed by atoms with Crippen molar-refractivity contribution in [1.82, 2.24) is 16.0 Å². The molecule has 1 atom stereocenters. The molecule has 27 heavy (non-hydrogen) atoms. The van der Waals surface area contributed by atoms with E-state index in [1.165, 1.54) is 31.2 Å². The molecule has 2 aromatic rings. The summed E-state index contributed by atoms with van der Waals surface area (Å²) in [6.45, 7) is 1.41. The van der Waals surface area contributed by atoms with Crippen LogP contribution in [0.3, 0.4) is 0 Å². The fourth-order valence-corrected chi connectivity index (χ4v) is 2.33. The molecule has 140 valence electrons. The second-order valence-corrected chi connectivity index (χ2v) is 5.66. The van der Waals surface area contributed by atoms with Crippen molar-refractivity contribution in [2.24, 2.45) is 0 Å². The molecule has 0 saturated heterocycles. The first-order valence-electron chi connectivity index (χ1n) is 8.10. The quantitative estimate of drug-likeness (QED) is 0.540. The number of carbonyl (C=O) groups is 4. The van der Waals surface area contributed by atoms with Crippen LogP contribution in [-0.4, -0.2) is 35.0 Å². The summed E-state index contributed by atoms with van der Waals surface area (Å²) in [6.07, 6.45) is -1.35. The third-order valence-corrected chi connectivity index (χ3v) is 3.60. The number of rotatable bonds is 7. The van der Waals surface area contributed by atoms with Crippen LogP contribution in [0.2, 0.25) is 0 Å². The Balaban J connectivity index is 2.11. The Hall–Kier alpha value is -3.68. The minimum Gasteiger partial charge on any atom is -0.478 e. The van der Waals surface area contributed by atoms with Gasteiger partial charge in [0.25, 0.3) is 11.8 Å². The van der Waals surface area contributed by atoms with Crippen molar-refractivity contribution in [3.05, 3.63) is 71.3 Å². The van der Waals surface area contributed by atoms with E-state index in [1.54, 1.807) is 0 Å². The molecule has 0 fully saturated rings. The molecular formula is C19H19N3O5. The molecule has 0 radical (unpaired) electrons. The Morgan fingerprint density at radius 3 is 2.07 bits per heavy atom. The average Bonchev–Trinajstić information content (AvgIpc) is 2.66. The van der Waals surface area contributed by atoms with Gasteiger partial charge in [0.1, 0.15) is 0 Å². The highest BCUT2D eigenvalue weighted by molar-refractivity contribution is 6.06. The zero-order chi connectivity index (χ0) is 19.8. The first-order chi connectivity index (χ1) is 12.9. The van der Waals surface area contributed by atoms with E-state index in [2.05, 4.69) is 16.0 Å². The van der Waals surface area contributed by atoms with Gasteiger partial charge in [0.05, 0.1) is 11.1 Å². The molecule has 0 aliphatic carbocycles. The number of amides is 3. The lowest BCUT2D eigenvalue weighted by atomic mass is 10.1. The molecule has 1 unspecified atom stereocenters. The largest absolute Gasteiger partial charge is 0.478 e. The normalized spacial score (nSPS) is 11.1. The molecular weight excluding hydrogens is 350 g/mol. The van der Waals surface area contributed by atoms with Crippen LogP contribution < -0.4 is 16.0 Å². The number of carboxylic acid groups (broad SMARTS) is 1. The molecule has 4 N–H and O–H groups in total. The Morgan fingerprint density at radius 1 is 0.889 bits per heavy atom. The van der Waals surface area contributed by atoms with Crippen LogP contribution >= 0.6 is 0 Å². The van der Waals surface area contributed by atoms with Crippen molar-refractivity contribution in [1.29, 1.82) is 0 Å². The van der Waals surface area contributed by atoms with Crippen molar-refractivity contribution in [2.75, 3.05) is 0 Å². The van der Waals surface area contributed by atoms with Crippen molar-refractivity contribution < 1.29 is 24.3 Å². The number of hydrogen-bond donors (Lipinski definition) is 4. The van der Waals surface area contributed by atoms with Crippen molar-refractivity contribution in [3.63, 3.8) is 0 Å². The third-order valence-electron chi connectivity index (χ3n) is 3.60. The Morgan fingerprint density at radius 2 is 1.48 bits per heavy atom. The van der Waals surface area contributed by atoms with E-state index in [-0.39, 0.29) is 17.7 Å². The zero-order valence-corrected chi connectivity index (χ0v) is 14.6. The maximum absolute atomic E-state index is 12.4. The lowest BCUT2D eigenvalue weighted by Crippen LogP contribution is -2.56. The Kier molecular flexibility index (Phi) is 6.65. The molecule has 3 amide bonds. The van der Waals surface area contributed by atoms with Crippen LogP contribution in [0.25, 0.3) is 0 Å². The summed E-state index contributed by atoms with van der Waals surface area (Å²) in [7, 11) is 0. The average molecular weight is 369 g/mol. The topological polar surface area (TPSA) is 125 Å².